The van der Waals surface area contributed by atoms with Crippen molar-refractivity contribution in [2.75, 3.05) is 5.32 Å². The van der Waals surface area contributed by atoms with Gasteiger partial charge in [-0.15, -0.1) is 22.7 Å². The summed E-state index contributed by atoms with van der Waals surface area (Å²) in [7, 11) is 0. The summed E-state index contributed by atoms with van der Waals surface area (Å²) in [5, 5.41) is 7.47. The minimum Gasteiger partial charge on any atom is -0.357 e. The molecule has 0 bridgehead atoms. The van der Waals surface area contributed by atoms with Crippen LogP contribution in [0.2, 0.25) is 5.15 Å². The van der Waals surface area contributed by atoms with Gasteiger partial charge in [0, 0.05) is 16.5 Å². The number of rotatable bonds is 3. The second kappa shape index (κ2) is 4.25. The first kappa shape index (κ1) is 9.89. The lowest BCUT2D eigenvalue weighted by Gasteiger charge is -1.97. The molecule has 0 aromatic carbocycles. The smallest absolute Gasteiger partial charge is 0.184 e. The highest BCUT2D eigenvalue weighted by molar-refractivity contribution is 7.14. The van der Waals surface area contributed by atoms with Gasteiger partial charge in [0.2, 0.25) is 0 Å². The number of aromatic nitrogens is 2. The molecular weight excluding hydrogens is 238 g/mol. The number of hydrogen-bond donors (Lipinski definition) is 1. The van der Waals surface area contributed by atoms with E-state index in [0.29, 0.717) is 5.15 Å². The van der Waals surface area contributed by atoms with Crippen molar-refractivity contribution >= 4 is 39.4 Å². The van der Waals surface area contributed by atoms with Crippen LogP contribution in [-0.4, -0.2) is 9.97 Å². The van der Waals surface area contributed by atoms with Crippen molar-refractivity contribution < 1.29 is 0 Å². The van der Waals surface area contributed by atoms with E-state index in [-0.39, 0.29) is 0 Å². The summed E-state index contributed by atoms with van der Waals surface area (Å²) < 4.78 is 0. The van der Waals surface area contributed by atoms with Crippen LogP contribution in [0.3, 0.4) is 0 Å². The van der Waals surface area contributed by atoms with Crippen molar-refractivity contribution in [1.29, 1.82) is 0 Å². The third-order valence-electron chi connectivity index (χ3n) is 1.56. The van der Waals surface area contributed by atoms with E-state index < -0.39 is 0 Å². The Balaban J connectivity index is 1.94. The zero-order chi connectivity index (χ0) is 9.97. The van der Waals surface area contributed by atoms with Crippen LogP contribution in [0.5, 0.6) is 0 Å². The monoisotopic (exact) mass is 245 g/mol. The molecule has 0 aliphatic heterocycles. The fourth-order valence-electron chi connectivity index (χ4n) is 0.985. The number of nitrogens with zero attached hydrogens (tertiary/aromatic N) is 2. The normalized spacial score (nSPS) is 10.4. The van der Waals surface area contributed by atoms with Crippen LogP contribution in [-0.2, 0) is 6.54 Å². The van der Waals surface area contributed by atoms with Gasteiger partial charge < -0.3 is 5.32 Å². The van der Waals surface area contributed by atoms with E-state index in [0.717, 1.165) is 16.7 Å². The van der Waals surface area contributed by atoms with Crippen LogP contribution < -0.4 is 5.32 Å². The van der Waals surface area contributed by atoms with Crippen LogP contribution in [0, 0.1) is 6.92 Å². The molecule has 14 heavy (non-hydrogen) atoms. The summed E-state index contributed by atoms with van der Waals surface area (Å²) in [6, 6.07) is 0. The topological polar surface area (TPSA) is 37.8 Å². The molecule has 74 valence electrons. The lowest BCUT2D eigenvalue weighted by atomic mass is 10.5. The van der Waals surface area contributed by atoms with Gasteiger partial charge in [-0.25, -0.2) is 9.97 Å². The molecule has 0 aliphatic rings. The molecule has 0 unspecified atom stereocenters. The molecular formula is C8H8ClN3S2. The minimum atomic E-state index is 0.540. The summed E-state index contributed by atoms with van der Waals surface area (Å²) in [4.78, 5) is 9.46. The molecule has 0 aliphatic carbocycles. The number of halogens is 1. The van der Waals surface area contributed by atoms with Crippen molar-refractivity contribution in [3.05, 3.63) is 26.6 Å². The van der Waals surface area contributed by atoms with Crippen molar-refractivity contribution in [2.24, 2.45) is 0 Å². The van der Waals surface area contributed by atoms with Gasteiger partial charge in [-0.1, -0.05) is 11.6 Å². The number of hydrogen-bond acceptors (Lipinski definition) is 5. The molecule has 2 rings (SSSR count). The highest BCUT2D eigenvalue weighted by atomic mass is 35.5. The van der Waals surface area contributed by atoms with E-state index in [2.05, 4.69) is 15.3 Å². The average Bonchev–Trinajstić information content (AvgIpc) is 2.72. The van der Waals surface area contributed by atoms with Crippen molar-refractivity contribution in [3.8, 4) is 0 Å². The lowest BCUT2D eigenvalue weighted by molar-refractivity contribution is 1.15. The second-order valence-corrected chi connectivity index (χ2v) is 5.24. The van der Waals surface area contributed by atoms with Gasteiger partial charge in [0.15, 0.2) is 5.13 Å². The second-order valence-electron chi connectivity index (χ2n) is 2.67. The zero-order valence-electron chi connectivity index (χ0n) is 7.45. The molecule has 0 fully saturated rings. The van der Waals surface area contributed by atoms with Crippen LogP contribution in [0.4, 0.5) is 5.13 Å². The Morgan fingerprint density at radius 3 is 3.00 bits per heavy atom. The molecule has 0 saturated heterocycles. The highest BCUT2D eigenvalue weighted by Gasteiger charge is 2.01. The summed E-state index contributed by atoms with van der Waals surface area (Å²) in [5.74, 6) is 0. The molecule has 3 nitrogen and oxygen atoms in total. The van der Waals surface area contributed by atoms with Crippen molar-refractivity contribution in [3.63, 3.8) is 0 Å². The van der Waals surface area contributed by atoms with Gasteiger partial charge in [-0.2, -0.15) is 0 Å². The molecule has 0 amide bonds. The summed E-state index contributed by atoms with van der Waals surface area (Å²) >= 11 is 8.89. The van der Waals surface area contributed by atoms with Crippen molar-refractivity contribution in [2.45, 2.75) is 13.5 Å². The zero-order valence-corrected chi connectivity index (χ0v) is 9.84. The molecule has 2 aromatic rings. The number of anilines is 1. The Labute approximate surface area is 94.8 Å². The third-order valence-corrected chi connectivity index (χ3v) is 3.59. The number of aryl methyl sites for hydroxylation is 1. The fourth-order valence-corrected chi connectivity index (χ4v) is 2.56. The van der Waals surface area contributed by atoms with Gasteiger partial charge in [-0.3, -0.25) is 0 Å². The highest BCUT2D eigenvalue weighted by Crippen LogP contribution is 2.20. The molecule has 1 N–H and O–H groups in total. The Kier molecular flexibility index (Phi) is 3.00. The van der Waals surface area contributed by atoms with E-state index in [1.165, 1.54) is 16.2 Å². The van der Waals surface area contributed by atoms with E-state index in [9.17, 15) is 0 Å². The SMILES string of the molecule is Cc1ncc(CNc2nc(Cl)cs2)s1. The van der Waals surface area contributed by atoms with Crippen LogP contribution in [0.15, 0.2) is 11.6 Å². The first-order valence-corrected chi connectivity index (χ1v) is 6.07. The average molecular weight is 246 g/mol. The summed E-state index contributed by atoms with van der Waals surface area (Å²) in [6.07, 6.45) is 1.88. The molecule has 2 heterocycles. The first-order chi connectivity index (χ1) is 6.74. The molecule has 0 spiro atoms. The van der Waals surface area contributed by atoms with E-state index in [1.807, 2.05) is 18.5 Å². The van der Waals surface area contributed by atoms with Crippen LogP contribution in [0.25, 0.3) is 0 Å². The van der Waals surface area contributed by atoms with Gasteiger partial charge in [0.05, 0.1) is 11.6 Å². The minimum absolute atomic E-state index is 0.540. The fraction of sp³-hybridized carbons (Fsp3) is 0.250. The lowest BCUT2D eigenvalue weighted by Crippen LogP contribution is -1.96. The van der Waals surface area contributed by atoms with Crippen molar-refractivity contribution in [1.82, 2.24) is 9.97 Å². The largest absolute Gasteiger partial charge is 0.357 e. The number of thiazole rings is 2. The van der Waals surface area contributed by atoms with Gasteiger partial charge in [0.25, 0.3) is 0 Å². The Morgan fingerprint density at radius 2 is 2.43 bits per heavy atom. The predicted molar refractivity (Wildman–Crippen MR) is 61.3 cm³/mol. The quantitative estimate of drug-likeness (QED) is 0.903. The number of nitrogens with one attached hydrogen (secondary N) is 1. The van der Waals surface area contributed by atoms with Gasteiger partial charge in [-0.05, 0) is 6.92 Å². The molecule has 0 atom stereocenters. The third kappa shape index (κ3) is 2.43. The molecule has 0 radical (unpaired) electrons. The van der Waals surface area contributed by atoms with E-state index in [1.54, 1.807) is 11.3 Å². The molecule has 2 aromatic heterocycles. The summed E-state index contributed by atoms with van der Waals surface area (Å²) in [5.41, 5.74) is 0. The summed E-state index contributed by atoms with van der Waals surface area (Å²) in [6.45, 7) is 2.75. The Hall–Kier alpha value is -0.650. The maximum Gasteiger partial charge on any atom is 0.184 e. The van der Waals surface area contributed by atoms with Gasteiger partial charge >= 0.3 is 0 Å². The predicted octanol–water partition coefficient (Wildman–Crippen LogP) is 3.17. The van der Waals surface area contributed by atoms with Crippen LogP contribution >= 0.6 is 34.3 Å². The van der Waals surface area contributed by atoms with Gasteiger partial charge in [0.1, 0.15) is 5.15 Å². The first-order valence-electron chi connectivity index (χ1n) is 4.00. The molecule has 0 saturated carbocycles. The van der Waals surface area contributed by atoms with Crippen LogP contribution in [0.1, 0.15) is 9.88 Å². The van der Waals surface area contributed by atoms with E-state index >= 15 is 0 Å². The standard InChI is InChI=1S/C8H8ClN3S2/c1-5-10-2-6(14-5)3-11-8-12-7(9)4-13-8/h2,4H,3H2,1H3,(H,11,12). The Morgan fingerprint density at radius 1 is 1.57 bits per heavy atom. The maximum atomic E-state index is 5.70. The van der Waals surface area contributed by atoms with E-state index in [4.69, 9.17) is 11.6 Å². The Bertz CT molecular complexity index is 383. The maximum absolute atomic E-state index is 5.70. The molecule has 6 heteroatoms.